The Bertz CT molecular complexity index is 361. The van der Waals surface area contributed by atoms with Crippen molar-refractivity contribution in [3.63, 3.8) is 0 Å². The van der Waals surface area contributed by atoms with Crippen molar-refractivity contribution in [2.24, 2.45) is 0 Å². The van der Waals surface area contributed by atoms with E-state index in [1.54, 1.807) is 19.9 Å². The first kappa shape index (κ1) is 19.1. The average Bonchev–Trinajstić information content (AvgIpc) is 2.49. The standard InChI is InChI=1S/C15H24O6/c1-4-7-8-9-15(18)20-11-12(21-14(17)6-3)10-19-13(16)5-2/h7-8,12H,4-6,9-11H2,1-3H3. The molecule has 0 fully saturated rings. The highest BCUT2D eigenvalue weighted by atomic mass is 16.6. The van der Waals surface area contributed by atoms with E-state index in [0.29, 0.717) is 0 Å². The summed E-state index contributed by atoms with van der Waals surface area (Å²) in [6.07, 6.45) is 4.24. The second-order valence-electron chi connectivity index (χ2n) is 4.27. The zero-order chi connectivity index (χ0) is 16.1. The van der Waals surface area contributed by atoms with Gasteiger partial charge in [-0.3, -0.25) is 14.4 Å². The van der Waals surface area contributed by atoms with Crippen molar-refractivity contribution in [3.8, 4) is 0 Å². The minimum atomic E-state index is -0.771. The molecule has 0 saturated heterocycles. The second kappa shape index (κ2) is 11.9. The van der Waals surface area contributed by atoms with E-state index in [1.165, 1.54) is 0 Å². The van der Waals surface area contributed by atoms with Crippen LogP contribution in [0.1, 0.15) is 46.5 Å². The summed E-state index contributed by atoms with van der Waals surface area (Å²) >= 11 is 0. The van der Waals surface area contributed by atoms with Gasteiger partial charge in [0, 0.05) is 12.8 Å². The van der Waals surface area contributed by atoms with Crippen LogP contribution in [-0.2, 0) is 28.6 Å². The molecule has 0 amide bonds. The largest absolute Gasteiger partial charge is 0.462 e. The van der Waals surface area contributed by atoms with Crippen LogP contribution in [0.3, 0.4) is 0 Å². The minimum absolute atomic E-state index is 0.115. The summed E-state index contributed by atoms with van der Waals surface area (Å²) in [5.74, 6) is -1.25. The summed E-state index contributed by atoms with van der Waals surface area (Å²) < 4.78 is 15.0. The van der Waals surface area contributed by atoms with Gasteiger partial charge in [-0.15, -0.1) is 0 Å². The lowest BCUT2D eigenvalue weighted by molar-refractivity contribution is -0.166. The number of ether oxygens (including phenoxy) is 3. The van der Waals surface area contributed by atoms with Crippen LogP contribution in [0.2, 0.25) is 0 Å². The topological polar surface area (TPSA) is 78.9 Å². The molecule has 0 aromatic carbocycles. The number of rotatable bonds is 10. The molecule has 0 aromatic rings. The summed E-state index contributed by atoms with van der Waals surface area (Å²) in [5.41, 5.74) is 0. The summed E-state index contributed by atoms with van der Waals surface area (Å²) in [6, 6.07) is 0. The molecule has 0 saturated carbocycles. The van der Waals surface area contributed by atoms with Gasteiger partial charge in [0.05, 0.1) is 6.42 Å². The van der Waals surface area contributed by atoms with Crippen LogP contribution in [0, 0.1) is 0 Å². The van der Waals surface area contributed by atoms with Gasteiger partial charge >= 0.3 is 17.9 Å². The Morgan fingerprint density at radius 1 is 0.857 bits per heavy atom. The van der Waals surface area contributed by atoms with E-state index < -0.39 is 24.0 Å². The Labute approximate surface area is 125 Å². The third kappa shape index (κ3) is 10.6. The number of carbonyl (C=O) groups is 3. The van der Waals surface area contributed by atoms with Gasteiger partial charge in [0.2, 0.25) is 0 Å². The SMILES string of the molecule is CCC=CCC(=O)OCC(COC(=O)CC)OC(=O)CC. The number of hydrogen-bond donors (Lipinski definition) is 0. The molecule has 1 unspecified atom stereocenters. The first-order chi connectivity index (χ1) is 10.0. The molecule has 0 aliphatic carbocycles. The van der Waals surface area contributed by atoms with Gasteiger partial charge in [-0.25, -0.2) is 0 Å². The number of allylic oxidation sites excluding steroid dienone is 1. The Morgan fingerprint density at radius 2 is 1.43 bits per heavy atom. The van der Waals surface area contributed by atoms with E-state index in [4.69, 9.17) is 14.2 Å². The molecular formula is C15H24O6. The average molecular weight is 300 g/mol. The maximum absolute atomic E-state index is 11.5. The smallest absolute Gasteiger partial charge is 0.309 e. The molecule has 0 aliphatic heterocycles. The molecule has 0 radical (unpaired) electrons. The van der Waals surface area contributed by atoms with Crippen LogP contribution in [-0.4, -0.2) is 37.2 Å². The third-order valence-corrected chi connectivity index (χ3v) is 2.42. The van der Waals surface area contributed by atoms with Crippen molar-refractivity contribution >= 4 is 17.9 Å². The first-order valence-corrected chi connectivity index (χ1v) is 7.19. The molecule has 0 N–H and O–H groups in total. The fourth-order valence-electron chi connectivity index (χ4n) is 1.26. The second-order valence-corrected chi connectivity index (χ2v) is 4.27. The van der Waals surface area contributed by atoms with E-state index in [-0.39, 0.29) is 32.5 Å². The van der Waals surface area contributed by atoms with Gasteiger partial charge in [-0.05, 0) is 6.42 Å². The molecule has 21 heavy (non-hydrogen) atoms. The highest BCUT2D eigenvalue weighted by Gasteiger charge is 2.18. The molecule has 0 heterocycles. The van der Waals surface area contributed by atoms with Crippen LogP contribution >= 0.6 is 0 Å². The molecule has 0 aromatic heterocycles. The quantitative estimate of drug-likeness (QED) is 0.349. The number of carbonyl (C=O) groups excluding carboxylic acids is 3. The minimum Gasteiger partial charge on any atom is -0.462 e. The van der Waals surface area contributed by atoms with Gasteiger partial charge in [-0.2, -0.15) is 0 Å². The molecule has 0 aliphatic rings. The van der Waals surface area contributed by atoms with E-state index in [1.807, 2.05) is 13.0 Å². The third-order valence-electron chi connectivity index (χ3n) is 2.42. The molecule has 1 atom stereocenters. The summed E-state index contributed by atoms with van der Waals surface area (Å²) in [7, 11) is 0. The van der Waals surface area contributed by atoms with Crippen molar-refractivity contribution in [1.29, 1.82) is 0 Å². The van der Waals surface area contributed by atoms with E-state index in [2.05, 4.69) is 0 Å². The van der Waals surface area contributed by atoms with E-state index in [0.717, 1.165) is 6.42 Å². The fourth-order valence-corrected chi connectivity index (χ4v) is 1.26. The highest BCUT2D eigenvalue weighted by Crippen LogP contribution is 2.01. The Hall–Kier alpha value is -1.85. The molecule has 120 valence electrons. The van der Waals surface area contributed by atoms with Crippen LogP contribution in [0.25, 0.3) is 0 Å². The van der Waals surface area contributed by atoms with Crippen LogP contribution in [0.15, 0.2) is 12.2 Å². The van der Waals surface area contributed by atoms with Gasteiger partial charge < -0.3 is 14.2 Å². The van der Waals surface area contributed by atoms with Crippen molar-refractivity contribution < 1.29 is 28.6 Å². The van der Waals surface area contributed by atoms with Crippen LogP contribution in [0.4, 0.5) is 0 Å². The molecule has 0 bridgehead atoms. The Balaban J connectivity index is 4.25. The van der Waals surface area contributed by atoms with Crippen molar-refractivity contribution in [2.45, 2.75) is 52.6 Å². The molecular weight excluding hydrogens is 276 g/mol. The summed E-state index contributed by atoms with van der Waals surface area (Å²) in [4.78, 5) is 33.8. The van der Waals surface area contributed by atoms with Gasteiger partial charge in [0.25, 0.3) is 0 Å². The lowest BCUT2D eigenvalue weighted by Gasteiger charge is -2.17. The zero-order valence-electron chi connectivity index (χ0n) is 12.9. The molecule has 0 rings (SSSR count). The lowest BCUT2D eigenvalue weighted by atomic mass is 10.3. The van der Waals surface area contributed by atoms with Gasteiger partial charge in [-0.1, -0.05) is 32.9 Å². The van der Waals surface area contributed by atoms with E-state index in [9.17, 15) is 14.4 Å². The molecule has 0 spiro atoms. The van der Waals surface area contributed by atoms with Crippen LogP contribution in [0.5, 0.6) is 0 Å². The van der Waals surface area contributed by atoms with Crippen molar-refractivity contribution in [2.75, 3.05) is 13.2 Å². The van der Waals surface area contributed by atoms with Crippen LogP contribution < -0.4 is 0 Å². The number of esters is 3. The van der Waals surface area contributed by atoms with E-state index >= 15 is 0 Å². The van der Waals surface area contributed by atoms with Crippen molar-refractivity contribution in [1.82, 2.24) is 0 Å². The predicted octanol–water partition coefficient (Wildman–Crippen LogP) is 2.16. The zero-order valence-corrected chi connectivity index (χ0v) is 12.9. The van der Waals surface area contributed by atoms with Crippen molar-refractivity contribution in [3.05, 3.63) is 12.2 Å². The van der Waals surface area contributed by atoms with Gasteiger partial charge in [0.1, 0.15) is 13.2 Å². The summed E-state index contributed by atoms with van der Waals surface area (Å²) in [6.45, 7) is 5.04. The highest BCUT2D eigenvalue weighted by molar-refractivity contribution is 5.71. The predicted molar refractivity (Wildman–Crippen MR) is 76.4 cm³/mol. The number of hydrogen-bond acceptors (Lipinski definition) is 6. The summed E-state index contributed by atoms with van der Waals surface area (Å²) in [5, 5.41) is 0. The lowest BCUT2D eigenvalue weighted by Crippen LogP contribution is -2.30. The Morgan fingerprint density at radius 3 is 1.95 bits per heavy atom. The molecule has 6 nitrogen and oxygen atoms in total. The normalized spacial score (nSPS) is 12.0. The Kier molecular flexibility index (Phi) is 10.9. The maximum atomic E-state index is 11.5. The monoisotopic (exact) mass is 300 g/mol. The fraction of sp³-hybridized carbons (Fsp3) is 0.667. The first-order valence-electron chi connectivity index (χ1n) is 7.19. The van der Waals surface area contributed by atoms with Gasteiger partial charge in [0.15, 0.2) is 6.10 Å². The molecule has 6 heteroatoms. The maximum Gasteiger partial charge on any atom is 0.309 e.